The summed E-state index contributed by atoms with van der Waals surface area (Å²) in [4.78, 5) is 12.5. The van der Waals surface area contributed by atoms with Crippen LogP contribution in [-0.2, 0) is 4.74 Å². The number of nitrogens with one attached hydrogen (secondary N) is 1. The molecule has 1 aromatic carbocycles. The molecular weight excluding hydrogens is 234 g/mol. The molecule has 0 radical (unpaired) electrons. The molecule has 1 aliphatic rings. The highest BCUT2D eigenvalue weighted by molar-refractivity contribution is 5.50. The largest absolute Gasteiger partial charge is 0.382 e. The summed E-state index contributed by atoms with van der Waals surface area (Å²) in [6.45, 7) is 3.22. The number of hydrogen-bond donors (Lipinski definition) is 1. The fourth-order valence-electron chi connectivity index (χ4n) is 1.95. The number of nitro groups is 1. The number of nitro benzene ring substituents is 1. The minimum absolute atomic E-state index is 0.0988. The van der Waals surface area contributed by atoms with Crippen molar-refractivity contribution in [1.82, 2.24) is 4.90 Å². The average Bonchev–Trinajstić information content (AvgIpc) is 2.37. The van der Waals surface area contributed by atoms with Crippen LogP contribution in [0.3, 0.4) is 0 Å². The van der Waals surface area contributed by atoms with Crippen LogP contribution >= 0.6 is 0 Å². The summed E-state index contributed by atoms with van der Waals surface area (Å²) in [7, 11) is 2.06. The van der Waals surface area contributed by atoms with Gasteiger partial charge in [-0.15, -0.1) is 0 Å². The first-order valence-electron chi connectivity index (χ1n) is 5.93. The molecule has 1 saturated heterocycles. The van der Waals surface area contributed by atoms with Gasteiger partial charge in [0.2, 0.25) is 0 Å². The third kappa shape index (κ3) is 3.41. The van der Waals surface area contributed by atoms with Gasteiger partial charge in [0.25, 0.3) is 5.69 Å². The molecule has 1 aliphatic heterocycles. The Morgan fingerprint density at radius 3 is 3.17 bits per heavy atom. The molecule has 6 nitrogen and oxygen atoms in total. The van der Waals surface area contributed by atoms with Crippen LogP contribution in [0.25, 0.3) is 0 Å². The second-order valence-electron chi connectivity index (χ2n) is 4.44. The maximum absolute atomic E-state index is 10.6. The molecular formula is C12H17N3O3. The Bertz CT molecular complexity index is 425. The summed E-state index contributed by atoms with van der Waals surface area (Å²) in [6.07, 6.45) is 0.128. The first kappa shape index (κ1) is 12.8. The molecule has 1 atom stereocenters. The number of morpholine rings is 1. The second kappa shape index (κ2) is 5.79. The van der Waals surface area contributed by atoms with Crippen LogP contribution in [-0.4, -0.2) is 49.2 Å². The van der Waals surface area contributed by atoms with Gasteiger partial charge in [-0.25, -0.2) is 0 Å². The van der Waals surface area contributed by atoms with Gasteiger partial charge in [-0.2, -0.15) is 0 Å². The first-order valence-corrected chi connectivity index (χ1v) is 5.93. The van der Waals surface area contributed by atoms with Crippen LogP contribution in [0.2, 0.25) is 0 Å². The molecule has 0 saturated carbocycles. The van der Waals surface area contributed by atoms with E-state index in [0.717, 1.165) is 25.4 Å². The zero-order chi connectivity index (χ0) is 13.0. The predicted octanol–water partition coefficient (Wildman–Crippen LogP) is 1.34. The van der Waals surface area contributed by atoms with E-state index < -0.39 is 4.92 Å². The highest BCUT2D eigenvalue weighted by Gasteiger charge is 2.17. The van der Waals surface area contributed by atoms with Crippen molar-refractivity contribution in [3.8, 4) is 0 Å². The van der Waals surface area contributed by atoms with Crippen LogP contribution in [0.1, 0.15) is 0 Å². The highest BCUT2D eigenvalue weighted by Crippen LogP contribution is 2.17. The van der Waals surface area contributed by atoms with E-state index in [1.165, 1.54) is 12.1 Å². The quantitative estimate of drug-likeness (QED) is 0.646. The fourth-order valence-corrected chi connectivity index (χ4v) is 1.95. The van der Waals surface area contributed by atoms with Crippen LogP contribution in [0, 0.1) is 10.1 Å². The van der Waals surface area contributed by atoms with E-state index >= 15 is 0 Å². The number of anilines is 1. The number of nitrogens with zero attached hydrogens (tertiary/aromatic N) is 2. The summed E-state index contributed by atoms with van der Waals surface area (Å²) >= 11 is 0. The summed E-state index contributed by atoms with van der Waals surface area (Å²) < 4.78 is 5.61. The molecule has 18 heavy (non-hydrogen) atoms. The third-order valence-electron chi connectivity index (χ3n) is 2.93. The monoisotopic (exact) mass is 251 g/mol. The van der Waals surface area contributed by atoms with Crippen molar-refractivity contribution < 1.29 is 9.66 Å². The fraction of sp³-hybridized carbons (Fsp3) is 0.500. The Kier molecular flexibility index (Phi) is 4.11. The molecule has 0 bridgehead atoms. The third-order valence-corrected chi connectivity index (χ3v) is 2.93. The Labute approximate surface area is 106 Å². The van der Waals surface area contributed by atoms with Gasteiger partial charge < -0.3 is 15.0 Å². The number of rotatable bonds is 4. The molecule has 0 aliphatic carbocycles. The van der Waals surface area contributed by atoms with Gasteiger partial charge in [0, 0.05) is 37.5 Å². The summed E-state index contributed by atoms with van der Waals surface area (Å²) in [5.74, 6) is 0. The lowest BCUT2D eigenvalue weighted by Crippen LogP contribution is -2.43. The summed E-state index contributed by atoms with van der Waals surface area (Å²) in [6, 6.07) is 6.51. The summed E-state index contributed by atoms with van der Waals surface area (Å²) in [5, 5.41) is 13.8. The van der Waals surface area contributed by atoms with Crippen LogP contribution in [0.15, 0.2) is 24.3 Å². The molecule has 98 valence electrons. The number of hydrogen-bond acceptors (Lipinski definition) is 5. The Morgan fingerprint density at radius 1 is 1.61 bits per heavy atom. The van der Waals surface area contributed by atoms with Crippen molar-refractivity contribution >= 4 is 11.4 Å². The van der Waals surface area contributed by atoms with Crippen molar-refractivity contribution in [3.63, 3.8) is 0 Å². The molecule has 0 spiro atoms. The van der Waals surface area contributed by atoms with Crippen molar-refractivity contribution in [3.05, 3.63) is 34.4 Å². The maximum atomic E-state index is 10.6. The van der Waals surface area contributed by atoms with Crippen molar-refractivity contribution in [2.75, 3.05) is 38.6 Å². The van der Waals surface area contributed by atoms with E-state index in [4.69, 9.17) is 4.74 Å². The molecule has 1 fully saturated rings. The van der Waals surface area contributed by atoms with Gasteiger partial charge in [-0.05, 0) is 13.1 Å². The van der Waals surface area contributed by atoms with E-state index in [0.29, 0.717) is 6.54 Å². The van der Waals surface area contributed by atoms with Crippen LogP contribution in [0.4, 0.5) is 11.4 Å². The van der Waals surface area contributed by atoms with E-state index in [1.807, 2.05) is 6.07 Å². The molecule has 1 N–H and O–H groups in total. The Hall–Kier alpha value is -1.66. The van der Waals surface area contributed by atoms with E-state index in [9.17, 15) is 10.1 Å². The lowest BCUT2D eigenvalue weighted by atomic mass is 10.2. The van der Waals surface area contributed by atoms with Crippen molar-refractivity contribution in [2.24, 2.45) is 0 Å². The van der Waals surface area contributed by atoms with Gasteiger partial charge in [-0.1, -0.05) is 6.07 Å². The molecule has 6 heteroatoms. The molecule has 0 aromatic heterocycles. The molecule has 1 heterocycles. The second-order valence-corrected chi connectivity index (χ2v) is 4.44. The van der Waals surface area contributed by atoms with E-state index in [-0.39, 0.29) is 11.8 Å². The number of benzene rings is 1. The lowest BCUT2D eigenvalue weighted by Gasteiger charge is -2.30. The average molecular weight is 251 g/mol. The first-order chi connectivity index (χ1) is 8.65. The van der Waals surface area contributed by atoms with E-state index in [2.05, 4.69) is 17.3 Å². The van der Waals surface area contributed by atoms with Gasteiger partial charge in [0.05, 0.1) is 17.6 Å². The van der Waals surface area contributed by atoms with E-state index in [1.54, 1.807) is 6.07 Å². The normalized spacial score (nSPS) is 20.6. The number of likely N-dealkylation sites (N-methyl/N-ethyl adjacent to an activating group) is 1. The summed E-state index contributed by atoms with van der Waals surface area (Å²) in [5.41, 5.74) is 0.850. The van der Waals surface area contributed by atoms with Crippen LogP contribution in [0.5, 0.6) is 0 Å². The molecule has 1 unspecified atom stereocenters. The SMILES string of the molecule is CN1CCOC(CNc2cccc([N+](=O)[O-])c2)C1. The Balaban J connectivity index is 1.89. The molecule has 0 amide bonds. The van der Waals surface area contributed by atoms with Gasteiger partial charge >= 0.3 is 0 Å². The minimum atomic E-state index is -0.393. The topological polar surface area (TPSA) is 67.6 Å². The van der Waals surface area contributed by atoms with Gasteiger partial charge in [0.1, 0.15) is 0 Å². The Morgan fingerprint density at radius 2 is 2.44 bits per heavy atom. The van der Waals surface area contributed by atoms with Crippen molar-refractivity contribution in [1.29, 1.82) is 0 Å². The lowest BCUT2D eigenvalue weighted by molar-refractivity contribution is -0.384. The predicted molar refractivity (Wildman–Crippen MR) is 68.8 cm³/mol. The number of ether oxygens (including phenoxy) is 1. The van der Waals surface area contributed by atoms with Gasteiger partial charge in [-0.3, -0.25) is 10.1 Å². The maximum Gasteiger partial charge on any atom is 0.271 e. The van der Waals surface area contributed by atoms with Gasteiger partial charge in [0.15, 0.2) is 0 Å². The minimum Gasteiger partial charge on any atom is -0.382 e. The van der Waals surface area contributed by atoms with Crippen molar-refractivity contribution in [2.45, 2.75) is 6.10 Å². The number of non-ortho nitro benzene ring substituents is 1. The molecule has 1 aromatic rings. The highest BCUT2D eigenvalue weighted by atomic mass is 16.6. The van der Waals surface area contributed by atoms with Crippen LogP contribution < -0.4 is 5.32 Å². The standard InChI is InChI=1S/C12H17N3O3/c1-14-5-6-18-12(9-14)8-13-10-3-2-4-11(7-10)15(16)17/h2-4,7,12-13H,5-6,8-9H2,1H3. The molecule has 2 rings (SSSR count). The smallest absolute Gasteiger partial charge is 0.271 e. The zero-order valence-electron chi connectivity index (χ0n) is 10.3. The zero-order valence-corrected chi connectivity index (χ0v) is 10.3.